The van der Waals surface area contributed by atoms with Gasteiger partial charge in [0.25, 0.3) is 0 Å². The second kappa shape index (κ2) is 25.1. The Kier molecular flexibility index (Phi) is 15.7. The molecule has 436 valence electrons. The van der Waals surface area contributed by atoms with Gasteiger partial charge in [0.2, 0.25) is 0 Å². The first-order chi connectivity index (χ1) is 45.4. The van der Waals surface area contributed by atoms with Crippen LogP contribution in [0.3, 0.4) is 0 Å². The van der Waals surface area contributed by atoms with Crippen LogP contribution in [-0.4, -0.2) is 0 Å². The molecule has 0 saturated carbocycles. The second-order valence-electron chi connectivity index (χ2n) is 23.4. The number of benzene rings is 16. The Bertz CT molecular complexity index is 5230. The quantitative estimate of drug-likeness (QED) is 0.0902. The fourth-order valence-electron chi connectivity index (χ4n) is 13.3. The molecule has 16 aromatic rings. The molecule has 0 heterocycles. The molecule has 0 spiro atoms. The molecule has 16 aromatic carbocycles. The average Bonchev–Trinajstić information content (AvgIpc) is 1.16. The minimum absolute atomic E-state index is 0.827. The Morgan fingerprint density at radius 1 is 0.152 bits per heavy atom. The highest BCUT2D eigenvalue weighted by Gasteiger charge is 2.31. The van der Waals surface area contributed by atoms with Crippen molar-refractivity contribution in [1.82, 2.24) is 0 Å². The van der Waals surface area contributed by atoms with E-state index in [-0.39, 0.29) is 0 Å². The SMILES string of the molecule is O=P(c1ccccc1)(c1ccccc1)c1ccc(-c2cc(-c3ccccc3)cc(-c3c4ccccc4cc4ccccc34)c2)cc1.O=P(c1ccccc1)(c1ccccc1)c1cccc(-c2cccc(-c3ccc(-c4c5ccccc5cc5ccccc45)cc3)c2)c1. The molecule has 2 nitrogen and oxygen atoms in total. The van der Waals surface area contributed by atoms with Crippen LogP contribution < -0.4 is 31.8 Å². The highest BCUT2D eigenvalue weighted by atomic mass is 31.2. The van der Waals surface area contributed by atoms with E-state index in [0.29, 0.717) is 0 Å². The molecule has 0 N–H and O–H groups in total. The van der Waals surface area contributed by atoms with E-state index in [9.17, 15) is 4.57 Å². The van der Waals surface area contributed by atoms with Crippen molar-refractivity contribution in [2.45, 2.75) is 0 Å². The second-order valence-corrected chi connectivity index (χ2v) is 28.9. The zero-order valence-electron chi connectivity index (χ0n) is 50.5. The molecule has 0 aliphatic carbocycles. The van der Waals surface area contributed by atoms with Crippen LogP contribution in [0.25, 0.3) is 110 Å². The van der Waals surface area contributed by atoms with Crippen molar-refractivity contribution < 1.29 is 9.13 Å². The molecule has 0 aromatic heterocycles. The standard InChI is InChI=1S/2C44H31OP/c45-46(39-18-6-2-7-19-39,40-20-8-3-9-21-40)41-26-24-33(25-27-41)37-29-36(32-14-4-1-5-15-32)30-38(31-37)44-42-22-12-10-16-34(42)28-35-17-11-13-23-43(35)44;45-46(39-18-3-1-4-19-39,40-20-5-2-6-21-40)41-22-12-17-36(31-41)35-16-11-15-34(29-35)32-25-27-33(28-26-32)44-42-23-9-7-13-37(42)30-38-14-8-10-24-43(38)44/h2*1-31H. The summed E-state index contributed by atoms with van der Waals surface area (Å²) in [6.07, 6.45) is 0. The van der Waals surface area contributed by atoms with Gasteiger partial charge in [-0.15, -0.1) is 0 Å². The predicted molar refractivity (Wildman–Crippen MR) is 394 cm³/mol. The van der Waals surface area contributed by atoms with Crippen LogP contribution in [0.4, 0.5) is 0 Å². The summed E-state index contributed by atoms with van der Waals surface area (Å²) in [7, 11) is -6.12. The van der Waals surface area contributed by atoms with Crippen molar-refractivity contribution in [1.29, 1.82) is 0 Å². The summed E-state index contributed by atoms with van der Waals surface area (Å²) in [6.45, 7) is 0. The third-order valence-electron chi connectivity index (χ3n) is 17.8. The monoisotopic (exact) mass is 1210 g/mol. The fourth-order valence-corrected chi connectivity index (χ4v) is 18.6. The van der Waals surface area contributed by atoms with Crippen molar-refractivity contribution in [3.63, 3.8) is 0 Å². The smallest absolute Gasteiger partial charge is 0.171 e. The Morgan fingerprint density at radius 3 is 0.837 bits per heavy atom. The molecule has 4 heteroatoms. The molecule has 0 bridgehead atoms. The van der Waals surface area contributed by atoms with Gasteiger partial charge in [0.05, 0.1) is 0 Å². The topological polar surface area (TPSA) is 34.1 Å². The van der Waals surface area contributed by atoms with E-state index < -0.39 is 14.3 Å². The van der Waals surface area contributed by atoms with Crippen LogP contribution in [0.2, 0.25) is 0 Å². The summed E-state index contributed by atoms with van der Waals surface area (Å²) >= 11 is 0. The van der Waals surface area contributed by atoms with Gasteiger partial charge in [0.15, 0.2) is 14.3 Å². The molecule has 16 rings (SSSR count). The molecule has 0 aliphatic rings. The summed E-state index contributed by atoms with van der Waals surface area (Å²) in [4.78, 5) is 0. The maximum atomic E-state index is 15.0. The van der Waals surface area contributed by atoms with Gasteiger partial charge in [-0.05, 0) is 152 Å². The predicted octanol–water partition coefficient (Wildman–Crippen LogP) is 21.3. The first-order valence-electron chi connectivity index (χ1n) is 31.2. The molecule has 0 radical (unpaired) electrons. The van der Waals surface area contributed by atoms with E-state index in [1.807, 2.05) is 133 Å². The van der Waals surface area contributed by atoms with Gasteiger partial charge in [-0.25, -0.2) is 0 Å². The Hall–Kier alpha value is -11.0. The number of hydrogen-bond donors (Lipinski definition) is 0. The van der Waals surface area contributed by atoms with Crippen molar-refractivity contribution in [3.05, 3.63) is 376 Å². The lowest BCUT2D eigenvalue weighted by atomic mass is 9.88. The van der Waals surface area contributed by atoms with Crippen LogP contribution >= 0.6 is 14.3 Å². The molecule has 0 atom stereocenters. The third-order valence-corrected chi connectivity index (χ3v) is 24.0. The highest BCUT2D eigenvalue weighted by Crippen LogP contribution is 2.46. The van der Waals surface area contributed by atoms with Crippen LogP contribution in [0.5, 0.6) is 0 Å². The molecular formula is C88H62O2P2. The van der Waals surface area contributed by atoms with E-state index in [2.05, 4.69) is 243 Å². The van der Waals surface area contributed by atoms with Crippen LogP contribution in [0, 0.1) is 0 Å². The minimum Gasteiger partial charge on any atom is -0.309 e. The zero-order valence-corrected chi connectivity index (χ0v) is 52.3. The molecule has 0 amide bonds. The van der Waals surface area contributed by atoms with Crippen molar-refractivity contribution in [2.75, 3.05) is 0 Å². The summed E-state index contributed by atoms with van der Waals surface area (Å²) in [6, 6.07) is 130. The van der Waals surface area contributed by atoms with Crippen molar-refractivity contribution >= 4 is 89.2 Å². The fraction of sp³-hybridized carbons (Fsp3) is 0. The number of hydrogen-bond acceptors (Lipinski definition) is 2. The van der Waals surface area contributed by atoms with Gasteiger partial charge in [-0.2, -0.15) is 0 Å². The lowest BCUT2D eigenvalue weighted by Gasteiger charge is -2.20. The summed E-state index contributed by atoms with van der Waals surface area (Å²) in [5.41, 5.74) is 13.9. The lowest BCUT2D eigenvalue weighted by molar-refractivity contribution is 0.591. The van der Waals surface area contributed by atoms with Crippen molar-refractivity contribution in [3.8, 4) is 66.8 Å². The molecular weight excluding hydrogens is 1150 g/mol. The Morgan fingerprint density at radius 2 is 0.402 bits per heavy atom. The summed E-state index contributed by atoms with van der Waals surface area (Å²) < 4.78 is 30.0. The maximum absolute atomic E-state index is 15.0. The van der Waals surface area contributed by atoms with Crippen molar-refractivity contribution in [2.24, 2.45) is 0 Å². The molecule has 0 aliphatic heterocycles. The number of fused-ring (bicyclic) bond motifs is 4. The van der Waals surface area contributed by atoms with Gasteiger partial charge in [0.1, 0.15) is 0 Å². The molecule has 92 heavy (non-hydrogen) atoms. The molecule has 0 fully saturated rings. The van der Waals surface area contributed by atoms with E-state index in [1.165, 1.54) is 70.9 Å². The van der Waals surface area contributed by atoms with E-state index in [4.69, 9.17) is 0 Å². The Balaban J connectivity index is 0.000000153. The largest absolute Gasteiger partial charge is 0.309 e. The Labute approximate surface area is 537 Å². The zero-order chi connectivity index (χ0) is 61.9. The summed E-state index contributed by atoms with van der Waals surface area (Å²) in [5, 5.41) is 15.0. The summed E-state index contributed by atoms with van der Waals surface area (Å²) in [5.74, 6) is 0. The van der Waals surface area contributed by atoms with Gasteiger partial charge >= 0.3 is 0 Å². The van der Waals surface area contributed by atoms with Crippen LogP contribution in [0.15, 0.2) is 376 Å². The first kappa shape index (κ1) is 57.5. The van der Waals surface area contributed by atoms with E-state index in [0.717, 1.165) is 70.8 Å². The average molecular weight is 1210 g/mol. The number of rotatable bonds is 12. The first-order valence-corrected chi connectivity index (χ1v) is 34.7. The van der Waals surface area contributed by atoms with Crippen LogP contribution in [0.1, 0.15) is 0 Å². The lowest BCUT2D eigenvalue weighted by Crippen LogP contribution is -2.25. The third kappa shape index (κ3) is 11.0. The molecule has 0 unspecified atom stereocenters. The van der Waals surface area contributed by atoms with Gasteiger partial charge in [0, 0.05) is 31.8 Å². The van der Waals surface area contributed by atoms with E-state index >= 15 is 4.57 Å². The normalized spacial score (nSPS) is 11.6. The highest BCUT2D eigenvalue weighted by molar-refractivity contribution is 7.85. The van der Waals surface area contributed by atoms with Gasteiger partial charge in [-0.3, -0.25) is 0 Å². The van der Waals surface area contributed by atoms with Crippen LogP contribution in [-0.2, 0) is 9.13 Å². The van der Waals surface area contributed by atoms with Gasteiger partial charge in [-0.1, -0.05) is 334 Å². The molecule has 0 saturated heterocycles. The maximum Gasteiger partial charge on any atom is 0.171 e. The van der Waals surface area contributed by atoms with E-state index in [1.54, 1.807) is 0 Å². The van der Waals surface area contributed by atoms with Gasteiger partial charge < -0.3 is 9.13 Å². The minimum atomic E-state index is -3.06.